The third-order valence-corrected chi connectivity index (χ3v) is 4.98. The first-order valence-corrected chi connectivity index (χ1v) is 9.11. The van der Waals surface area contributed by atoms with Gasteiger partial charge in [0.1, 0.15) is 5.82 Å². The molecule has 0 saturated carbocycles. The minimum absolute atomic E-state index is 0.0687. The lowest BCUT2D eigenvalue weighted by Crippen LogP contribution is -2.28. The number of fused-ring (bicyclic) bond motifs is 1. The summed E-state index contributed by atoms with van der Waals surface area (Å²) in [6, 6.07) is 9.45. The Balaban J connectivity index is 1.80. The fourth-order valence-corrected chi connectivity index (χ4v) is 3.32. The van der Waals surface area contributed by atoms with E-state index in [4.69, 9.17) is 5.21 Å². The molecule has 2 aromatic rings. The summed E-state index contributed by atoms with van der Waals surface area (Å²) in [5.74, 6) is 0.279. The third kappa shape index (κ3) is 4.34. The molecular formula is C21H25N3O3. The molecule has 1 unspecified atom stereocenters. The Morgan fingerprint density at radius 3 is 2.63 bits per heavy atom. The van der Waals surface area contributed by atoms with Crippen molar-refractivity contribution in [2.45, 2.75) is 46.0 Å². The number of hydrogen-bond acceptors (Lipinski definition) is 4. The first-order chi connectivity index (χ1) is 12.8. The second-order valence-corrected chi connectivity index (χ2v) is 8.04. The number of pyridine rings is 1. The molecule has 1 heterocycles. The molecule has 2 amide bonds. The van der Waals surface area contributed by atoms with E-state index in [-0.39, 0.29) is 5.91 Å². The maximum Gasteiger partial charge on any atom is 0.274 e. The second kappa shape index (κ2) is 7.48. The summed E-state index contributed by atoms with van der Waals surface area (Å²) in [4.78, 5) is 28.1. The van der Waals surface area contributed by atoms with Crippen molar-refractivity contribution in [3.8, 4) is 0 Å². The van der Waals surface area contributed by atoms with Gasteiger partial charge in [-0.25, -0.2) is 10.5 Å². The van der Waals surface area contributed by atoms with Crippen LogP contribution in [0, 0.1) is 5.41 Å². The van der Waals surface area contributed by atoms with Crippen molar-refractivity contribution < 1.29 is 14.8 Å². The number of carbonyl (C=O) groups is 2. The Morgan fingerprint density at radius 2 is 1.93 bits per heavy atom. The second-order valence-electron chi connectivity index (χ2n) is 8.04. The van der Waals surface area contributed by atoms with Crippen LogP contribution in [0.1, 0.15) is 60.2 Å². The van der Waals surface area contributed by atoms with Crippen molar-refractivity contribution >= 4 is 17.6 Å². The minimum Gasteiger partial charge on any atom is -0.310 e. The third-order valence-electron chi connectivity index (χ3n) is 4.98. The normalized spacial score (nSPS) is 16.4. The highest BCUT2D eigenvalue weighted by Crippen LogP contribution is 2.34. The summed E-state index contributed by atoms with van der Waals surface area (Å²) < 4.78 is 0. The van der Waals surface area contributed by atoms with Crippen LogP contribution in [-0.4, -0.2) is 22.0 Å². The molecule has 0 radical (unpaired) electrons. The van der Waals surface area contributed by atoms with Crippen molar-refractivity contribution in [3.63, 3.8) is 0 Å². The predicted molar refractivity (Wildman–Crippen MR) is 103 cm³/mol. The molecule has 0 spiro atoms. The molecule has 0 fully saturated rings. The predicted octanol–water partition coefficient (Wildman–Crippen LogP) is 3.46. The highest BCUT2D eigenvalue weighted by atomic mass is 16.5. The van der Waals surface area contributed by atoms with Crippen molar-refractivity contribution in [2.24, 2.45) is 5.41 Å². The number of nitrogens with zero attached hydrogens (tertiary/aromatic N) is 1. The van der Waals surface area contributed by atoms with E-state index in [0.29, 0.717) is 17.3 Å². The van der Waals surface area contributed by atoms with Crippen LogP contribution in [-0.2, 0) is 17.6 Å². The zero-order valence-electron chi connectivity index (χ0n) is 15.9. The summed E-state index contributed by atoms with van der Waals surface area (Å²) in [6.45, 7) is 5.60. The number of aromatic nitrogens is 1. The van der Waals surface area contributed by atoms with Gasteiger partial charge in [-0.15, -0.1) is 0 Å². The van der Waals surface area contributed by atoms with Gasteiger partial charge >= 0.3 is 0 Å². The van der Waals surface area contributed by atoms with Crippen LogP contribution in [0.15, 0.2) is 36.5 Å². The molecule has 6 heteroatoms. The average Bonchev–Trinajstić information content (AvgIpc) is 2.66. The van der Waals surface area contributed by atoms with E-state index in [1.807, 2.05) is 45.0 Å². The van der Waals surface area contributed by atoms with Crippen molar-refractivity contribution in [1.82, 2.24) is 10.5 Å². The van der Waals surface area contributed by atoms with Gasteiger partial charge in [0.25, 0.3) is 5.91 Å². The Morgan fingerprint density at radius 1 is 1.15 bits per heavy atom. The molecule has 1 aliphatic rings. The molecule has 27 heavy (non-hydrogen) atoms. The van der Waals surface area contributed by atoms with Gasteiger partial charge in [-0.3, -0.25) is 14.8 Å². The molecule has 1 aromatic heterocycles. The number of hydroxylamine groups is 1. The van der Waals surface area contributed by atoms with Gasteiger partial charge in [-0.1, -0.05) is 26.8 Å². The van der Waals surface area contributed by atoms with E-state index in [0.717, 1.165) is 30.4 Å². The first-order valence-electron chi connectivity index (χ1n) is 9.11. The summed E-state index contributed by atoms with van der Waals surface area (Å²) in [7, 11) is 0. The topological polar surface area (TPSA) is 91.3 Å². The summed E-state index contributed by atoms with van der Waals surface area (Å²) in [5, 5.41) is 11.7. The highest BCUT2D eigenvalue weighted by Gasteiger charge is 2.24. The summed E-state index contributed by atoms with van der Waals surface area (Å²) in [5.41, 5.74) is 5.12. The number of carbonyl (C=O) groups excluding carboxylic acids is 2. The Bertz CT molecular complexity index is 871. The van der Waals surface area contributed by atoms with Gasteiger partial charge in [-0.2, -0.15) is 0 Å². The molecule has 1 aliphatic carbocycles. The average molecular weight is 367 g/mol. The maximum absolute atomic E-state index is 12.2. The van der Waals surface area contributed by atoms with Crippen molar-refractivity contribution in [2.75, 3.05) is 5.32 Å². The fraction of sp³-hybridized carbons (Fsp3) is 0.381. The number of aryl methyl sites for hydroxylation is 1. The summed E-state index contributed by atoms with van der Waals surface area (Å²) in [6.07, 6.45) is 4.44. The van der Waals surface area contributed by atoms with E-state index < -0.39 is 11.3 Å². The number of anilines is 1. The lowest BCUT2D eigenvalue weighted by molar-refractivity contribution is -0.123. The zero-order chi connectivity index (χ0) is 19.6. The van der Waals surface area contributed by atoms with Gasteiger partial charge in [0, 0.05) is 17.2 Å². The van der Waals surface area contributed by atoms with E-state index in [9.17, 15) is 9.59 Å². The van der Waals surface area contributed by atoms with Crippen LogP contribution in [0.3, 0.4) is 0 Å². The fourth-order valence-electron chi connectivity index (χ4n) is 3.32. The molecule has 1 atom stereocenters. The van der Waals surface area contributed by atoms with E-state index in [1.165, 1.54) is 5.56 Å². The van der Waals surface area contributed by atoms with Crippen molar-refractivity contribution in [3.05, 3.63) is 58.8 Å². The Hall–Kier alpha value is -2.73. The van der Waals surface area contributed by atoms with Gasteiger partial charge in [-0.05, 0) is 66.1 Å². The van der Waals surface area contributed by atoms with Crippen LogP contribution < -0.4 is 10.8 Å². The Labute approximate surface area is 159 Å². The van der Waals surface area contributed by atoms with Crippen LogP contribution in [0.25, 0.3) is 0 Å². The van der Waals surface area contributed by atoms with Gasteiger partial charge in [0.15, 0.2) is 0 Å². The van der Waals surface area contributed by atoms with Gasteiger partial charge < -0.3 is 5.32 Å². The van der Waals surface area contributed by atoms with Crippen LogP contribution in [0.2, 0.25) is 0 Å². The molecule has 0 bridgehead atoms. The number of hydrogen-bond donors (Lipinski definition) is 3. The van der Waals surface area contributed by atoms with Gasteiger partial charge in [0.2, 0.25) is 5.91 Å². The molecule has 3 N–H and O–H groups in total. The van der Waals surface area contributed by atoms with Crippen LogP contribution in [0.5, 0.6) is 0 Å². The summed E-state index contributed by atoms with van der Waals surface area (Å²) >= 11 is 0. The SMILES string of the molecule is CC(C)(C)C(=O)Nc1cc(C2CCc3ccc(C(=O)NO)cc3C2)ccn1. The lowest BCUT2D eigenvalue weighted by atomic mass is 9.80. The highest BCUT2D eigenvalue weighted by molar-refractivity contribution is 5.94. The van der Waals surface area contributed by atoms with Gasteiger partial charge in [0.05, 0.1) is 0 Å². The Kier molecular flexibility index (Phi) is 5.28. The lowest BCUT2D eigenvalue weighted by Gasteiger charge is -2.26. The molecule has 3 rings (SSSR count). The minimum atomic E-state index is -0.504. The molecule has 1 aromatic carbocycles. The van der Waals surface area contributed by atoms with E-state index in [1.54, 1.807) is 17.7 Å². The molecular weight excluding hydrogens is 342 g/mol. The zero-order valence-corrected chi connectivity index (χ0v) is 15.9. The van der Waals surface area contributed by atoms with Crippen LogP contribution in [0.4, 0.5) is 5.82 Å². The largest absolute Gasteiger partial charge is 0.310 e. The molecule has 0 aliphatic heterocycles. The molecule has 142 valence electrons. The maximum atomic E-state index is 12.2. The van der Waals surface area contributed by atoms with Crippen LogP contribution >= 0.6 is 0 Å². The number of benzene rings is 1. The molecule has 0 saturated heterocycles. The first kappa shape index (κ1) is 19.0. The standard InChI is InChI=1S/C21H25N3O3/c1-21(2,3)20(26)23-18-12-15(8-9-22-18)14-6-4-13-5-7-16(19(25)24-27)11-17(13)10-14/h5,7-9,11-12,14,27H,4,6,10H2,1-3H3,(H,24,25)(H,22,23,26). The number of nitrogens with one attached hydrogen (secondary N) is 2. The monoisotopic (exact) mass is 367 g/mol. The number of rotatable bonds is 3. The quantitative estimate of drug-likeness (QED) is 0.572. The van der Waals surface area contributed by atoms with Crippen molar-refractivity contribution in [1.29, 1.82) is 0 Å². The molecule has 6 nitrogen and oxygen atoms in total. The smallest absolute Gasteiger partial charge is 0.274 e. The van der Waals surface area contributed by atoms with E-state index in [2.05, 4.69) is 10.3 Å². The van der Waals surface area contributed by atoms with E-state index >= 15 is 0 Å². The number of amides is 2.